The molecule has 1 heterocycles. The Balaban J connectivity index is 1.95. The van der Waals surface area contributed by atoms with E-state index in [1.165, 1.54) is 12.1 Å². The molecule has 0 radical (unpaired) electrons. The van der Waals surface area contributed by atoms with E-state index in [1.807, 2.05) is 12.1 Å². The molecular formula is C21H18Cl2N2O3S. The van der Waals surface area contributed by atoms with Gasteiger partial charge < -0.3 is 4.90 Å². The maximum absolute atomic E-state index is 13.2. The third kappa shape index (κ3) is 5.56. The maximum atomic E-state index is 13.2. The zero-order valence-corrected chi connectivity index (χ0v) is 17.9. The average Bonchev–Trinajstić information content (AvgIpc) is 2.70. The number of sulfone groups is 1. The highest BCUT2D eigenvalue weighted by atomic mass is 35.5. The quantitative estimate of drug-likeness (QED) is 0.550. The fourth-order valence-electron chi connectivity index (χ4n) is 2.79. The van der Waals surface area contributed by atoms with Crippen LogP contribution in [-0.2, 0) is 22.9 Å². The molecule has 0 aliphatic rings. The summed E-state index contributed by atoms with van der Waals surface area (Å²) in [5, 5.41) is 0.826. The second kappa shape index (κ2) is 8.95. The lowest BCUT2D eigenvalue weighted by molar-refractivity contribution is 0.0727. The molecule has 0 N–H and O–H groups in total. The van der Waals surface area contributed by atoms with Gasteiger partial charge in [-0.1, -0.05) is 41.4 Å². The van der Waals surface area contributed by atoms with Crippen LogP contribution >= 0.6 is 23.2 Å². The molecular weight excluding hydrogens is 431 g/mol. The number of benzene rings is 2. The number of carbonyl (C=O) groups excluding carboxylic acids is 1. The van der Waals surface area contributed by atoms with Crippen LogP contribution in [0.3, 0.4) is 0 Å². The summed E-state index contributed by atoms with van der Waals surface area (Å²) in [7, 11) is -3.43. The second-order valence-electron chi connectivity index (χ2n) is 6.53. The fourth-order valence-corrected chi connectivity index (χ4v) is 3.77. The minimum Gasteiger partial charge on any atom is -0.328 e. The number of carbonyl (C=O) groups is 1. The number of rotatable bonds is 6. The van der Waals surface area contributed by atoms with Gasteiger partial charge in [0.05, 0.1) is 27.2 Å². The Morgan fingerprint density at radius 1 is 0.966 bits per heavy atom. The van der Waals surface area contributed by atoms with Crippen molar-refractivity contribution in [3.05, 3.63) is 93.7 Å². The van der Waals surface area contributed by atoms with Gasteiger partial charge in [-0.25, -0.2) is 8.42 Å². The molecule has 0 saturated heterocycles. The molecule has 0 atom stereocenters. The fraction of sp³-hybridized carbons (Fsp3) is 0.143. The summed E-state index contributed by atoms with van der Waals surface area (Å²) in [4.78, 5) is 19.2. The van der Waals surface area contributed by atoms with E-state index in [0.29, 0.717) is 15.7 Å². The molecule has 0 saturated carbocycles. The molecule has 0 aliphatic heterocycles. The predicted octanol–water partition coefficient (Wildman–Crippen LogP) is 4.63. The summed E-state index contributed by atoms with van der Waals surface area (Å²) in [5.41, 5.74) is 1.78. The van der Waals surface area contributed by atoms with Crippen molar-refractivity contribution in [1.29, 1.82) is 0 Å². The predicted molar refractivity (Wildman–Crippen MR) is 114 cm³/mol. The monoisotopic (exact) mass is 448 g/mol. The van der Waals surface area contributed by atoms with Crippen LogP contribution in [0.4, 0.5) is 0 Å². The van der Waals surface area contributed by atoms with E-state index in [2.05, 4.69) is 4.98 Å². The number of pyridine rings is 1. The first-order chi connectivity index (χ1) is 13.7. The molecule has 150 valence electrons. The Morgan fingerprint density at radius 3 is 2.41 bits per heavy atom. The van der Waals surface area contributed by atoms with E-state index in [0.717, 1.165) is 11.8 Å². The lowest BCUT2D eigenvalue weighted by atomic mass is 10.1. The molecule has 29 heavy (non-hydrogen) atoms. The molecule has 3 rings (SSSR count). The van der Waals surface area contributed by atoms with Crippen molar-refractivity contribution >= 4 is 38.9 Å². The molecule has 2 aromatic carbocycles. The van der Waals surface area contributed by atoms with Crippen molar-refractivity contribution in [2.24, 2.45) is 0 Å². The van der Waals surface area contributed by atoms with Gasteiger partial charge in [0.25, 0.3) is 5.91 Å². The molecule has 1 amide bonds. The molecule has 5 nitrogen and oxygen atoms in total. The van der Waals surface area contributed by atoms with Crippen molar-refractivity contribution in [2.75, 3.05) is 6.26 Å². The highest BCUT2D eigenvalue weighted by molar-refractivity contribution is 7.90. The van der Waals surface area contributed by atoms with Crippen LogP contribution in [0.25, 0.3) is 0 Å². The van der Waals surface area contributed by atoms with Crippen LogP contribution in [0.15, 0.2) is 71.8 Å². The molecule has 0 bridgehead atoms. The Bertz CT molecular complexity index is 1140. The largest absolute Gasteiger partial charge is 0.328 e. The van der Waals surface area contributed by atoms with Crippen molar-refractivity contribution in [2.45, 2.75) is 18.0 Å². The molecule has 3 aromatic rings. The molecule has 0 unspecified atom stereocenters. The zero-order chi connectivity index (χ0) is 21.0. The van der Waals surface area contributed by atoms with Crippen LogP contribution in [0.1, 0.15) is 21.6 Å². The lowest BCUT2D eigenvalue weighted by Crippen LogP contribution is -2.30. The summed E-state index contributed by atoms with van der Waals surface area (Å²) in [6.07, 6.45) is 2.76. The van der Waals surface area contributed by atoms with Crippen LogP contribution in [0.5, 0.6) is 0 Å². The summed E-state index contributed by atoms with van der Waals surface area (Å²) in [6.45, 7) is 0.512. The molecule has 1 aromatic heterocycles. The standard InChI is InChI=1S/C21H18Cl2N2O3S/c1-29(27,28)18-7-4-5-16(12-18)21(26)25(14-17-6-2-3-10-24-17)13-15-8-9-19(22)20(23)11-15/h2-12H,13-14H2,1H3. The van der Waals surface area contributed by atoms with Gasteiger partial charge in [0.1, 0.15) is 0 Å². The second-order valence-corrected chi connectivity index (χ2v) is 9.36. The Kier molecular flexibility index (Phi) is 6.57. The van der Waals surface area contributed by atoms with Gasteiger partial charge in [-0.05, 0) is 48.0 Å². The first-order valence-corrected chi connectivity index (χ1v) is 11.3. The van der Waals surface area contributed by atoms with E-state index >= 15 is 0 Å². The highest BCUT2D eigenvalue weighted by Crippen LogP contribution is 2.24. The van der Waals surface area contributed by atoms with Crippen molar-refractivity contribution < 1.29 is 13.2 Å². The number of amides is 1. The molecule has 0 fully saturated rings. The van der Waals surface area contributed by atoms with Crippen LogP contribution in [-0.4, -0.2) is 30.5 Å². The average molecular weight is 449 g/mol. The Hall–Kier alpha value is -2.41. The van der Waals surface area contributed by atoms with Gasteiger partial charge >= 0.3 is 0 Å². The van der Waals surface area contributed by atoms with Crippen molar-refractivity contribution in [1.82, 2.24) is 9.88 Å². The number of hydrogen-bond donors (Lipinski definition) is 0. The first-order valence-electron chi connectivity index (χ1n) is 8.67. The number of halogens is 2. The number of nitrogens with zero attached hydrogens (tertiary/aromatic N) is 2. The van der Waals surface area contributed by atoms with Gasteiger partial charge in [0.2, 0.25) is 0 Å². The number of aromatic nitrogens is 1. The Morgan fingerprint density at radius 2 is 1.76 bits per heavy atom. The Labute approximate surface area is 179 Å². The SMILES string of the molecule is CS(=O)(=O)c1cccc(C(=O)N(Cc2ccc(Cl)c(Cl)c2)Cc2ccccn2)c1. The van der Waals surface area contributed by atoms with E-state index in [9.17, 15) is 13.2 Å². The third-order valence-electron chi connectivity index (χ3n) is 4.23. The van der Waals surface area contributed by atoms with E-state index in [1.54, 1.807) is 47.5 Å². The summed E-state index contributed by atoms with van der Waals surface area (Å²) < 4.78 is 23.7. The van der Waals surface area contributed by atoms with Gasteiger partial charge in [-0.2, -0.15) is 0 Å². The summed E-state index contributed by atoms with van der Waals surface area (Å²) in [5.74, 6) is -0.313. The zero-order valence-electron chi connectivity index (χ0n) is 15.5. The third-order valence-corrected chi connectivity index (χ3v) is 6.08. The van der Waals surface area contributed by atoms with Crippen LogP contribution < -0.4 is 0 Å². The van der Waals surface area contributed by atoms with Crippen LogP contribution in [0, 0.1) is 0 Å². The summed E-state index contributed by atoms with van der Waals surface area (Å²) in [6, 6.07) is 16.6. The normalized spacial score (nSPS) is 11.3. The lowest BCUT2D eigenvalue weighted by Gasteiger charge is -2.23. The summed E-state index contributed by atoms with van der Waals surface area (Å²) >= 11 is 12.1. The van der Waals surface area contributed by atoms with E-state index in [4.69, 9.17) is 23.2 Å². The van der Waals surface area contributed by atoms with Crippen molar-refractivity contribution in [3.63, 3.8) is 0 Å². The molecule has 0 spiro atoms. The molecule has 0 aliphatic carbocycles. The van der Waals surface area contributed by atoms with Gasteiger partial charge in [-0.3, -0.25) is 9.78 Å². The minimum atomic E-state index is -3.43. The van der Waals surface area contributed by atoms with Gasteiger partial charge in [-0.15, -0.1) is 0 Å². The van der Waals surface area contributed by atoms with Gasteiger partial charge in [0, 0.05) is 24.6 Å². The van der Waals surface area contributed by atoms with Crippen LogP contribution in [0.2, 0.25) is 10.0 Å². The first kappa shape index (κ1) is 21.3. The molecule has 8 heteroatoms. The van der Waals surface area contributed by atoms with E-state index in [-0.39, 0.29) is 29.5 Å². The van der Waals surface area contributed by atoms with Gasteiger partial charge in [0.15, 0.2) is 9.84 Å². The minimum absolute atomic E-state index is 0.0932. The topological polar surface area (TPSA) is 67.3 Å². The highest BCUT2D eigenvalue weighted by Gasteiger charge is 2.19. The smallest absolute Gasteiger partial charge is 0.254 e. The number of hydrogen-bond acceptors (Lipinski definition) is 4. The van der Waals surface area contributed by atoms with Crippen molar-refractivity contribution in [3.8, 4) is 0 Å². The maximum Gasteiger partial charge on any atom is 0.254 e. The van der Waals surface area contributed by atoms with E-state index < -0.39 is 9.84 Å².